The number of carbonyl (C=O) groups is 1. The Balaban J connectivity index is 0.893. The second-order valence-electron chi connectivity index (χ2n) is 12.2. The third kappa shape index (κ3) is 3.08. The summed E-state index contributed by atoms with van der Waals surface area (Å²) in [6.45, 7) is 5.75. The predicted molar refractivity (Wildman–Crippen MR) is 128 cm³/mol. The van der Waals surface area contributed by atoms with Crippen molar-refractivity contribution >= 4 is 11.6 Å². The van der Waals surface area contributed by atoms with Crippen LogP contribution in [0.2, 0.25) is 0 Å². The maximum Gasteiger partial charge on any atom is 0.226 e. The average Bonchev–Trinajstić information content (AvgIpc) is 3.35. The fourth-order valence-electron chi connectivity index (χ4n) is 9.27. The summed E-state index contributed by atoms with van der Waals surface area (Å²) in [5, 5.41) is 3.38. The summed E-state index contributed by atoms with van der Waals surface area (Å²) >= 11 is 0. The fourth-order valence-corrected chi connectivity index (χ4v) is 9.27. The molecule has 1 N–H and O–H groups in total. The van der Waals surface area contributed by atoms with Crippen molar-refractivity contribution in [3.63, 3.8) is 0 Å². The predicted octanol–water partition coefficient (Wildman–Crippen LogP) is 4.33. The zero-order valence-corrected chi connectivity index (χ0v) is 19.5. The van der Waals surface area contributed by atoms with E-state index in [0.717, 1.165) is 36.8 Å². The molecule has 0 spiro atoms. The second kappa shape index (κ2) is 7.48. The van der Waals surface area contributed by atoms with Gasteiger partial charge in [0.2, 0.25) is 5.91 Å². The summed E-state index contributed by atoms with van der Waals surface area (Å²) in [7, 11) is 0. The van der Waals surface area contributed by atoms with Gasteiger partial charge < -0.3 is 15.1 Å². The summed E-state index contributed by atoms with van der Waals surface area (Å²) in [4.78, 5) is 18.6. The first kappa shape index (κ1) is 19.9. The van der Waals surface area contributed by atoms with E-state index >= 15 is 0 Å². The third-order valence-electron chi connectivity index (χ3n) is 10.2. The van der Waals surface area contributed by atoms with Gasteiger partial charge in [0.25, 0.3) is 0 Å². The monoisotopic (exact) mass is 433 g/mol. The zero-order chi connectivity index (χ0) is 21.3. The maximum atomic E-state index is 13.1. The van der Waals surface area contributed by atoms with Crippen LogP contribution in [-0.4, -0.2) is 49.6 Å². The average molecular weight is 434 g/mol. The minimum atomic E-state index is 0.0161. The minimum absolute atomic E-state index is 0.0161. The smallest absolute Gasteiger partial charge is 0.226 e. The molecule has 4 saturated carbocycles. The molecule has 1 aromatic rings. The number of fused-ring (bicyclic) bond motifs is 3. The van der Waals surface area contributed by atoms with Crippen LogP contribution in [0, 0.1) is 23.2 Å². The molecular formula is C28H39N3O. The lowest BCUT2D eigenvalue weighted by Gasteiger charge is -2.55. The lowest BCUT2D eigenvalue weighted by Crippen LogP contribution is -2.53. The van der Waals surface area contributed by atoms with Crippen LogP contribution in [0.4, 0.5) is 5.69 Å². The highest BCUT2D eigenvalue weighted by Gasteiger charge is 2.54. The van der Waals surface area contributed by atoms with Gasteiger partial charge in [-0.25, -0.2) is 0 Å². The molecule has 4 heteroatoms. The number of benzene rings is 1. The molecule has 5 fully saturated rings. The Morgan fingerprint density at radius 1 is 1.03 bits per heavy atom. The topological polar surface area (TPSA) is 35.6 Å². The lowest BCUT2D eigenvalue weighted by atomic mass is 9.49. The molecule has 1 amide bonds. The number of anilines is 1. The minimum Gasteiger partial charge on any atom is -0.367 e. The Morgan fingerprint density at radius 3 is 2.59 bits per heavy atom. The number of rotatable bonds is 6. The second-order valence-corrected chi connectivity index (χ2v) is 12.2. The van der Waals surface area contributed by atoms with Crippen LogP contribution in [0.25, 0.3) is 0 Å². The molecule has 172 valence electrons. The van der Waals surface area contributed by atoms with Crippen molar-refractivity contribution in [3.8, 4) is 0 Å². The van der Waals surface area contributed by atoms with Gasteiger partial charge in [-0.3, -0.25) is 4.79 Å². The number of para-hydroxylation sites is 1. The molecular weight excluding hydrogens is 394 g/mol. The normalized spacial score (nSPS) is 38.8. The van der Waals surface area contributed by atoms with Crippen LogP contribution < -0.4 is 10.2 Å². The fraction of sp³-hybridized carbons (Fsp3) is 0.750. The summed E-state index contributed by atoms with van der Waals surface area (Å²) in [6, 6.07) is 7.76. The van der Waals surface area contributed by atoms with Gasteiger partial charge >= 0.3 is 0 Å². The van der Waals surface area contributed by atoms with Crippen molar-refractivity contribution in [2.24, 2.45) is 23.2 Å². The van der Waals surface area contributed by atoms with Gasteiger partial charge in [0.05, 0.1) is 0 Å². The Morgan fingerprint density at radius 2 is 1.81 bits per heavy atom. The van der Waals surface area contributed by atoms with E-state index in [1.54, 1.807) is 16.8 Å². The molecule has 3 aliphatic heterocycles. The van der Waals surface area contributed by atoms with E-state index < -0.39 is 0 Å². The number of hydrogen-bond acceptors (Lipinski definition) is 3. The number of amides is 1. The van der Waals surface area contributed by atoms with E-state index in [9.17, 15) is 4.79 Å². The number of hydrogen-bond donors (Lipinski definition) is 1. The molecule has 0 aromatic heterocycles. The summed E-state index contributed by atoms with van der Waals surface area (Å²) in [5.41, 5.74) is 4.81. The molecule has 2 atom stereocenters. The highest BCUT2D eigenvalue weighted by Crippen LogP contribution is 2.60. The number of nitrogens with one attached hydrogen (secondary N) is 1. The van der Waals surface area contributed by atoms with E-state index in [0.29, 0.717) is 11.8 Å². The van der Waals surface area contributed by atoms with Crippen LogP contribution in [0.15, 0.2) is 18.2 Å². The van der Waals surface area contributed by atoms with E-state index in [2.05, 4.69) is 33.3 Å². The van der Waals surface area contributed by atoms with Crippen molar-refractivity contribution in [1.29, 1.82) is 0 Å². The number of likely N-dealkylation sites (tertiary alicyclic amines) is 1. The van der Waals surface area contributed by atoms with Crippen molar-refractivity contribution in [1.82, 2.24) is 10.2 Å². The van der Waals surface area contributed by atoms with Gasteiger partial charge in [0.1, 0.15) is 0 Å². The van der Waals surface area contributed by atoms with E-state index in [4.69, 9.17) is 0 Å². The first-order chi connectivity index (χ1) is 15.7. The van der Waals surface area contributed by atoms with E-state index in [-0.39, 0.29) is 5.41 Å². The Labute approximate surface area is 193 Å². The van der Waals surface area contributed by atoms with E-state index in [1.165, 1.54) is 84.0 Å². The molecule has 8 rings (SSSR count). The molecule has 32 heavy (non-hydrogen) atoms. The standard InChI is InChI=1S/C28H39N3O/c32-27(28-15-19-12-20(16-28)14-21(13-19)17-28)29-8-1-2-9-30-10-7-25-24(18-30)23-5-3-4-22-6-11-31(25)26(22)23/h3-5,19-21,24-25H,1-2,6-18H2,(H,29,32)/t19?,20?,21?,24-,25-,28?/m1/s1. The Hall–Kier alpha value is -1.55. The van der Waals surface area contributed by atoms with Crippen LogP contribution in [0.3, 0.4) is 0 Å². The lowest BCUT2D eigenvalue weighted by molar-refractivity contribution is -0.146. The first-order valence-electron chi connectivity index (χ1n) is 13.6. The van der Waals surface area contributed by atoms with Gasteiger partial charge in [-0.05, 0) is 99.6 Å². The number of unbranched alkanes of at least 4 members (excludes halogenated alkanes) is 1. The summed E-state index contributed by atoms with van der Waals surface area (Å²) in [6.07, 6.45) is 12.6. The Bertz CT molecular complexity index is 875. The molecule has 3 heterocycles. The number of carbonyl (C=O) groups excluding carboxylic acids is 1. The number of nitrogens with zero attached hydrogens (tertiary/aromatic N) is 2. The third-order valence-corrected chi connectivity index (χ3v) is 10.2. The molecule has 1 saturated heterocycles. The Kier molecular flexibility index (Phi) is 4.65. The number of piperidine rings is 1. The molecule has 4 bridgehead atoms. The first-order valence-corrected chi connectivity index (χ1v) is 13.6. The molecule has 4 aliphatic carbocycles. The van der Waals surface area contributed by atoms with Crippen molar-refractivity contribution < 1.29 is 4.79 Å². The molecule has 0 unspecified atom stereocenters. The summed E-state index contributed by atoms with van der Waals surface area (Å²) in [5.74, 6) is 3.66. The van der Waals surface area contributed by atoms with Gasteiger partial charge in [0.15, 0.2) is 0 Å². The quantitative estimate of drug-likeness (QED) is 0.678. The molecule has 4 nitrogen and oxygen atoms in total. The van der Waals surface area contributed by atoms with Crippen molar-refractivity contribution in [2.75, 3.05) is 37.6 Å². The van der Waals surface area contributed by atoms with Crippen LogP contribution >= 0.6 is 0 Å². The largest absolute Gasteiger partial charge is 0.367 e. The highest BCUT2D eigenvalue weighted by atomic mass is 16.2. The van der Waals surface area contributed by atoms with Gasteiger partial charge in [0, 0.05) is 49.2 Å². The molecule has 1 aromatic carbocycles. The van der Waals surface area contributed by atoms with Gasteiger partial charge in [-0.1, -0.05) is 18.2 Å². The van der Waals surface area contributed by atoms with Crippen LogP contribution in [0.5, 0.6) is 0 Å². The summed E-state index contributed by atoms with van der Waals surface area (Å²) < 4.78 is 0. The molecule has 0 radical (unpaired) electrons. The van der Waals surface area contributed by atoms with Gasteiger partial charge in [-0.2, -0.15) is 0 Å². The maximum absolute atomic E-state index is 13.1. The van der Waals surface area contributed by atoms with Crippen LogP contribution in [0.1, 0.15) is 74.8 Å². The SMILES string of the molecule is O=C(NCCCCN1CC[C@@H]2[C@H](C1)c1cccc3c1N2CC3)C12CC3CC(CC(C3)C1)C2. The highest BCUT2D eigenvalue weighted by molar-refractivity contribution is 5.83. The molecule has 7 aliphatic rings. The van der Waals surface area contributed by atoms with Gasteiger partial charge in [-0.15, -0.1) is 0 Å². The van der Waals surface area contributed by atoms with Crippen LogP contribution in [-0.2, 0) is 11.2 Å². The van der Waals surface area contributed by atoms with E-state index in [1.807, 2.05) is 0 Å². The zero-order valence-electron chi connectivity index (χ0n) is 19.5. The van der Waals surface area contributed by atoms with Crippen molar-refractivity contribution in [2.45, 2.75) is 76.2 Å². The van der Waals surface area contributed by atoms with Crippen molar-refractivity contribution in [3.05, 3.63) is 29.3 Å².